The SMILES string of the molecule is CC1CCC2C3CCC4CC(=O)CCC4C3CCC12C. The predicted octanol–water partition coefficient (Wildman–Crippen LogP) is 4.84. The highest BCUT2D eigenvalue weighted by molar-refractivity contribution is 5.79. The molecule has 0 spiro atoms. The summed E-state index contributed by atoms with van der Waals surface area (Å²) in [7, 11) is 0. The first-order valence-corrected chi connectivity index (χ1v) is 9.11. The van der Waals surface area contributed by atoms with Crippen molar-refractivity contribution in [3.05, 3.63) is 0 Å². The standard InChI is InChI=1S/C19H30O/c1-12-3-8-18-17-6-4-13-11-14(20)5-7-15(13)16(17)9-10-19(12,18)2/h12-13,15-18H,3-11H2,1-2H3. The van der Waals surface area contributed by atoms with Crippen molar-refractivity contribution in [2.45, 2.75) is 71.6 Å². The Kier molecular flexibility index (Phi) is 3.06. The molecule has 0 saturated heterocycles. The number of fused-ring (bicyclic) bond motifs is 5. The van der Waals surface area contributed by atoms with Gasteiger partial charge in [0.1, 0.15) is 5.78 Å². The maximum Gasteiger partial charge on any atom is 0.133 e. The summed E-state index contributed by atoms with van der Waals surface area (Å²) in [6.45, 7) is 5.10. The van der Waals surface area contributed by atoms with Crippen molar-refractivity contribution >= 4 is 5.78 Å². The molecule has 0 N–H and O–H groups in total. The molecule has 0 bridgehead atoms. The molecule has 0 amide bonds. The number of ketones is 1. The lowest BCUT2D eigenvalue weighted by Gasteiger charge is -2.55. The van der Waals surface area contributed by atoms with Crippen LogP contribution >= 0.6 is 0 Å². The van der Waals surface area contributed by atoms with Gasteiger partial charge in [-0.15, -0.1) is 0 Å². The number of carbonyl (C=O) groups excluding carboxylic acids is 1. The smallest absolute Gasteiger partial charge is 0.133 e. The second-order valence-electron chi connectivity index (χ2n) is 8.74. The molecule has 1 nitrogen and oxygen atoms in total. The van der Waals surface area contributed by atoms with Gasteiger partial charge in [0.2, 0.25) is 0 Å². The fourth-order valence-electron chi connectivity index (χ4n) is 6.92. The lowest BCUT2D eigenvalue weighted by atomic mass is 9.50. The van der Waals surface area contributed by atoms with Gasteiger partial charge in [-0.3, -0.25) is 4.79 Å². The van der Waals surface area contributed by atoms with E-state index in [1.165, 1.54) is 44.9 Å². The fraction of sp³-hybridized carbons (Fsp3) is 0.947. The summed E-state index contributed by atoms with van der Waals surface area (Å²) in [4.78, 5) is 11.8. The van der Waals surface area contributed by atoms with E-state index in [2.05, 4.69) is 13.8 Å². The zero-order chi connectivity index (χ0) is 13.9. The summed E-state index contributed by atoms with van der Waals surface area (Å²) >= 11 is 0. The molecular weight excluding hydrogens is 244 g/mol. The van der Waals surface area contributed by atoms with Crippen LogP contribution in [-0.4, -0.2) is 5.78 Å². The Balaban J connectivity index is 1.58. The molecule has 0 aromatic rings. The summed E-state index contributed by atoms with van der Waals surface area (Å²) in [5.74, 6) is 6.17. The third-order valence-corrected chi connectivity index (χ3v) is 8.24. The predicted molar refractivity (Wildman–Crippen MR) is 81.3 cm³/mol. The van der Waals surface area contributed by atoms with Gasteiger partial charge in [0, 0.05) is 12.8 Å². The third-order valence-electron chi connectivity index (χ3n) is 8.24. The number of Topliss-reactive ketones (excluding diaryl/α,β-unsaturated/α-hetero) is 1. The van der Waals surface area contributed by atoms with E-state index < -0.39 is 0 Å². The molecule has 4 fully saturated rings. The molecule has 112 valence electrons. The molecule has 20 heavy (non-hydrogen) atoms. The van der Waals surface area contributed by atoms with Crippen molar-refractivity contribution in [1.82, 2.24) is 0 Å². The van der Waals surface area contributed by atoms with Gasteiger partial charge < -0.3 is 0 Å². The average Bonchev–Trinajstić information content (AvgIpc) is 2.74. The van der Waals surface area contributed by atoms with Gasteiger partial charge in [-0.2, -0.15) is 0 Å². The maximum absolute atomic E-state index is 11.8. The second-order valence-corrected chi connectivity index (χ2v) is 8.74. The lowest BCUT2D eigenvalue weighted by molar-refractivity contribution is -0.127. The normalized spacial score (nSPS) is 55.0. The van der Waals surface area contributed by atoms with Crippen molar-refractivity contribution in [2.75, 3.05) is 0 Å². The summed E-state index contributed by atoms with van der Waals surface area (Å²) in [5.41, 5.74) is 0.651. The molecule has 0 aromatic heterocycles. The number of hydrogen-bond acceptors (Lipinski definition) is 1. The van der Waals surface area contributed by atoms with E-state index >= 15 is 0 Å². The van der Waals surface area contributed by atoms with Crippen LogP contribution in [0.3, 0.4) is 0 Å². The molecule has 7 atom stereocenters. The first-order valence-electron chi connectivity index (χ1n) is 9.11. The maximum atomic E-state index is 11.8. The first kappa shape index (κ1) is 13.3. The summed E-state index contributed by atoms with van der Waals surface area (Å²) in [6.07, 6.45) is 11.7. The van der Waals surface area contributed by atoms with E-state index in [1.54, 1.807) is 0 Å². The molecule has 0 radical (unpaired) electrons. The van der Waals surface area contributed by atoms with Crippen molar-refractivity contribution in [3.63, 3.8) is 0 Å². The van der Waals surface area contributed by atoms with E-state index in [4.69, 9.17) is 0 Å². The summed E-state index contributed by atoms with van der Waals surface area (Å²) in [6, 6.07) is 0. The first-order chi connectivity index (χ1) is 9.59. The van der Waals surface area contributed by atoms with Crippen LogP contribution in [0.4, 0.5) is 0 Å². The van der Waals surface area contributed by atoms with E-state index in [1.807, 2.05) is 0 Å². The molecule has 4 saturated carbocycles. The summed E-state index contributed by atoms with van der Waals surface area (Å²) < 4.78 is 0. The topological polar surface area (TPSA) is 17.1 Å². The van der Waals surface area contributed by atoms with E-state index in [0.717, 1.165) is 48.3 Å². The van der Waals surface area contributed by atoms with E-state index in [0.29, 0.717) is 11.2 Å². The average molecular weight is 274 g/mol. The number of carbonyl (C=O) groups is 1. The van der Waals surface area contributed by atoms with Crippen LogP contribution in [0.1, 0.15) is 71.6 Å². The molecular formula is C19H30O. The van der Waals surface area contributed by atoms with Crippen LogP contribution in [0.5, 0.6) is 0 Å². The Hall–Kier alpha value is -0.330. The van der Waals surface area contributed by atoms with Gasteiger partial charge in [-0.1, -0.05) is 13.8 Å². The van der Waals surface area contributed by atoms with Crippen molar-refractivity contribution < 1.29 is 4.79 Å². The molecule has 0 aromatic carbocycles. The molecule has 4 aliphatic carbocycles. The van der Waals surface area contributed by atoms with Crippen molar-refractivity contribution in [1.29, 1.82) is 0 Å². The zero-order valence-electron chi connectivity index (χ0n) is 13.2. The van der Waals surface area contributed by atoms with Crippen LogP contribution < -0.4 is 0 Å². The largest absolute Gasteiger partial charge is 0.300 e. The minimum Gasteiger partial charge on any atom is -0.300 e. The number of hydrogen-bond donors (Lipinski definition) is 0. The highest BCUT2D eigenvalue weighted by atomic mass is 16.1. The molecule has 0 heterocycles. The van der Waals surface area contributed by atoms with Gasteiger partial charge >= 0.3 is 0 Å². The van der Waals surface area contributed by atoms with Gasteiger partial charge in [0.05, 0.1) is 0 Å². The van der Waals surface area contributed by atoms with Crippen molar-refractivity contribution in [2.24, 2.45) is 40.9 Å². The third kappa shape index (κ3) is 1.77. The van der Waals surface area contributed by atoms with Gasteiger partial charge in [-0.05, 0) is 85.9 Å². The van der Waals surface area contributed by atoms with Crippen LogP contribution in [0, 0.1) is 40.9 Å². The molecule has 4 rings (SSSR count). The van der Waals surface area contributed by atoms with Crippen molar-refractivity contribution in [3.8, 4) is 0 Å². The number of rotatable bonds is 0. The van der Waals surface area contributed by atoms with E-state index in [9.17, 15) is 4.79 Å². The highest BCUT2D eigenvalue weighted by Crippen LogP contribution is 2.63. The minimum absolute atomic E-state index is 0.555. The molecule has 4 aliphatic rings. The van der Waals surface area contributed by atoms with Crippen LogP contribution in [0.15, 0.2) is 0 Å². The van der Waals surface area contributed by atoms with Crippen LogP contribution in [-0.2, 0) is 4.79 Å². The Labute approximate surface area is 123 Å². The summed E-state index contributed by atoms with van der Waals surface area (Å²) in [5, 5.41) is 0. The van der Waals surface area contributed by atoms with Crippen LogP contribution in [0.25, 0.3) is 0 Å². The zero-order valence-corrected chi connectivity index (χ0v) is 13.2. The van der Waals surface area contributed by atoms with Gasteiger partial charge in [0.25, 0.3) is 0 Å². The monoisotopic (exact) mass is 274 g/mol. The lowest BCUT2D eigenvalue weighted by Crippen LogP contribution is -2.48. The Morgan fingerprint density at radius 1 is 0.950 bits per heavy atom. The minimum atomic E-state index is 0.555. The van der Waals surface area contributed by atoms with Gasteiger partial charge in [-0.25, -0.2) is 0 Å². The molecule has 7 unspecified atom stereocenters. The Morgan fingerprint density at radius 3 is 2.65 bits per heavy atom. The Bertz CT molecular complexity index is 414. The molecule has 0 aliphatic heterocycles. The fourth-order valence-corrected chi connectivity index (χ4v) is 6.92. The van der Waals surface area contributed by atoms with Crippen LogP contribution in [0.2, 0.25) is 0 Å². The van der Waals surface area contributed by atoms with E-state index in [-0.39, 0.29) is 0 Å². The molecule has 1 heteroatoms. The highest BCUT2D eigenvalue weighted by Gasteiger charge is 2.55. The quantitative estimate of drug-likeness (QED) is 0.617. The van der Waals surface area contributed by atoms with Gasteiger partial charge in [0.15, 0.2) is 0 Å². The Morgan fingerprint density at radius 2 is 1.80 bits per heavy atom. The second kappa shape index (κ2) is 4.58.